The fraction of sp³-hybridized carbons (Fsp3) is 0.467. The maximum atomic E-state index is 10.3. The zero-order valence-corrected chi connectivity index (χ0v) is 23.0. The number of rotatable bonds is 18. The molecule has 0 saturated carbocycles. The Morgan fingerprint density at radius 1 is 0.600 bits per heavy atom. The van der Waals surface area contributed by atoms with E-state index in [1.807, 2.05) is 36.4 Å². The quantitative estimate of drug-likeness (QED) is 0.118. The molecule has 0 atom stereocenters. The van der Waals surface area contributed by atoms with E-state index >= 15 is 0 Å². The highest BCUT2D eigenvalue weighted by Gasteiger charge is 2.17. The first-order valence-electron chi connectivity index (χ1n) is 13.0. The van der Waals surface area contributed by atoms with Crippen molar-refractivity contribution >= 4 is 24.1 Å². The minimum atomic E-state index is 0.501. The number of allylic oxidation sites excluding steroid dienone is 2. The Balaban J connectivity index is 2.33. The summed E-state index contributed by atoms with van der Waals surface area (Å²) in [5.41, 5.74) is 4.55. The van der Waals surface area contributed by atoms with Crippen molar-refractivity contribution in [2.75, 3.05) is 0 Å². The van der Waals surface area contributed by atoms with Gasteiger partial charge >= 0.3 is 0 Å². The van der Waals surface area contributed by atoms with Gasteiger partial charge in [-0.3, -0.25) is 0 Å². The molecule has 192 valence electrons. The predicted molar refractivity (Wildman–Crippen MR) is 153 cm³/mol. The Morgan fingerprint density at radius 3 is 1.34 bits per heavy atom. The SMILES string of the molecule is CCCCCCC(Cc1ccccc1)=C(OC(SO)=C(CCCCCC)Cc1ccccc1)SO. The average Bonchev–Trinajstić information content (AvgIpc) is 2.90. The molecule has 2 N–H and O–H groups in total. The minimum absolute atomic E-state index is 0.501. The normalized spacial score (nSPS) is 12.8. The van der Waals surface area contributed by atoms with E-state index in [9.17, 15) is 9.11 Å². The molecule has 0 radical (unpaired) electrons. The maximum absolute atomic E-state index is 10.3. The van der Waals surface area contributed by atoms with E-state index in [0.717, 1.165) is 62.5 Å². The van der Waals surface area contributed by atoms with Gasteiger partial charge in [0.15, 0.2) is 10.2 Å². The van der Waals surface area contributed by atoms with E-state index < -0.39 is 0 Å². The van der Waals surface area contributed by atoms with Crippen molar-refractivity contribution in [3.8, 4) is 0 Å². The summed E-state index contributed by atoms with van der Waals surface area (Å²) >= 11 is 1.32. The van der Waals surface area contributed by atoms with Crippen molar-refractivity contribution < 1.29 is 13.8 Å². The van der Waals surface area contributed by atoms with Crippen molar-refractivity contribution in [2.45, 2.75) is 90.9 Å². The summed E-state index contributed by atoms with van der Waals surface area (Å²) in [5.74, 6) is 0. The standard InChI is InChI=1S/C30H42O3S2/c1-3-5-7-15-21-27(23-25-17-11-9-12-18-25)29(34-31)33-30(35-32)28(22-16-8-6-4-2)24-26-19-13-10-14-20-26/h9-14,17-20,31-32H,3-8,15-16,21-24H2,1-2H3. The first-order chi connectivity index (χ1) is 17.2. The van der Waals surface area contributed by atoms with Gasteiger partial charge in [-0.25, -0.2) is 0 Å². The molecule has 35 heavy (non-hydrogen) atoms. The smallest absolute Gasteiger partial charge is 0.187 e. The Kier molecular flexibility index (Phi) is 15.7. The molecular weight excluding hydrogens is 472 g/mol. The molecule has 0 aliphatic rings. The lowest BCUT2D eigenvalue weighted by Gasteiger charge is -2.18. The third-order valence-corrected chi connectivity index (χ3v) is 7.19. The van der Waals surface area contributed by atoms with Crippen LogP contribution in [0.4, 0.5) is 0 Å². The predicted octanol–water partition coefficient (Wildman–Crippen LogP) is 10.3. The molecule has 0 bridgehead atoms. The van der Waals surface area contributed by atoms with E-state index in [1.165, 1.54) is 36.8 Å². The number of ether oxygens (including phenoxy) is 1. The molecular formula is C30H42O3S2. The summed E-state index contributed by atoms with van der Waals surface area (Å²) in [5, 5.41) is 1.00. The third-order valence-electron chi connectivity index (χ3n) is 6.11. The van der Waals surface area contributed by atoms with Crippen molar-refractivity contribution in [1.29, 1.82) is 0 Å². The summed E-state index contributed by atoms with van der Waals surface area (Å²) in [6, 6.07) is 20.6. The Bertz CT molecular complexity index is 805. The van der Waals surface area contributed by atoms with Gasteiger partial charge in [-0.1, -0.05) is 113 Å². The van der Waals surface area contributed by atoms with Gasteiger partial charge < -0.3 is 13.8 Å². The maximum Gasteiger partial charge on any atom is 0.187 e. The molecule has 0 saturated heterocycles. The van der Waals surface area contributed by atoms with E-state index in [4.69, 9.17) is 4.74 Å². The largest absolute Gasteiger partial charge is 0.439 e. The van der Waals surface area contributed by atoms with Crippen molar-refractivity contribution in [3.63, 3.8) is 0 Å². The fourth-order valence-electron chi connectivity index (χ4n) is 4.13. The highest BCUT2D eigenvalue weighted by Crippen LogP contribution is 2.34. The minimum Gasteiger partial charge on any atom is -0.439 e. The Labute approximate surface area is 221 Å². The molecule has 2 rings (SSSR count). The number of hydrogen-bond acceptors (Lipinski definition) is 5. The van der Waals surface area contributed by atoms with Crippen LogP contribution in [0.2, 0.25) is 0 Å². The molecule has 0 aliphatic heterocycles. The molecule has 0 aromatic heterocycles. The molecule has 2 aromatic carbocycles. The van der Waals surface area contributed by atoms with Gasteiger partial charge in [-0.15, -0.1) is 0 Å². The van der Waals surface area contributed by atoms with Crippen molar-refractivity contribution in [1.82, 2.24) is 0 Å². The van der Waals surface area contributed by atoms with Crippen LogP contribution >= 0.6 is 24.1 Å². The van der Waals surface area contributed by atoms with Gasteiger partial charge in [0.25, 0.3) is 0 Å². The van der Waals surface area contributed by atoms with Crippen LogP contribution in [0.25, 0.3) is 0 Å². The third kappa shape index (κ3) is 11.7. The number of hydrogen-bond donors (Lipinski definition) is 2. The van der Waals surface area contributed by atoms with E-state index in [2.05, 4.69) is 38.1 Å². The second-order valence-corrected chi connectivity index (χ2v) is 10.1. The summed E-state index contributed by atoms with van der Waals surface area (Å²) in [6.45, 7) is 4.42. The average molecular weight is 515 g/mol. The summed E-state index contributed by atoms with van der Waals surface area (Å²) in [4.78, 5) is 0. The monoisotopic (exact) mass is 514 g/mol. The zero-order chi connectivity index (χ0) is 25.1. The molecule has 3 nitrogen and oxygen atoms in total. The molecule has 2 aromatic rings. The molecule has 0 amide bonds. The van der Waals surface area contributed by atoms with E-state index in [1.54, 1.807) is 0 Å². The fourth-order valence-corrected chi connectivity index (χ4v) is 5.04. The summed E-state index contributed by atoms with van der Waals surface area (Å²) < 4.78 is 26.8. The number of benzene rings is 2. The molecule has 5 heteroatoms. The van der Waals surface area contributed by atoms with Crippen LogP contribution in [0.5, 0.6) is 0 Å². The zero-order valence-electron chi connectivity index (χ0n) is 21.4. The van der Waals surface area contributed by atoms with Gasteiger partial charge in [0.2, 0.25) is 0 Å². The second-order valence-electron chi connectivity index (χ2n) is 9.01. The lowest BCUT2D eigenvalue weighted by molar-refractivity contribution is 0.348. The lowest BCUT2D eigenvalue weighted by Crippen LogP contribution is -2.03. The van der Waals surface area contributed by atoms with Crippen LogP contribution in [0.3, 0.4) is 0 Å². The Morgan fingerprint density at radius 2 is 1.00 bits per heavy atom. The van der Waals surface area contributed by atoms with Crippen LogP contribution < -0.4 is 0 Å². The van der Waals surface area contributed by atoms with Crippen molar-refractivity contribution in [2.24, 2.45) is 0 Å². The van der Waals surface area contributed by atoms with Crippen LogP contribution in [0.15, 0.2) is 82.0 Å². The first-order valence-corrected chi connectivity index (χ1v) is 14.6. The van der Waals surface area contributed by atoms with Crippen molar-refractivity contribution in [3.05, 3.63) is 93.1 Å². The van der Waals surface area contributed by atoms with Crippen LogP contribution in [-0.2, 0) is 17.6 Å². The van der Waals surface area contributed by atoms with Gasteiger partial charge in [0, 0.05) is 0 Å². The highest BCUT2D eigenvalue weighted by atomic mass is 32.2. The van der Waals surface area contributed by atoms with E-state index in [0.29, 0.717) is 34.3 Å². The number of unbranched alkanes of at least 4 members (excludes halogenated alkanes) is 6. The van der Waals surface area contributed by atoms with Crippen LogP contribution in [0.1, 0.15) is 89.2 Å². The summed E-state index contributed by atoms with van der Waals surface area (Å²) in [6.07, 6.45) is 12.4. The molecule has 0 heterocycles. The van der Waals surface area contributed by atoms with Gasteiger partial charge in [0.1, 0.15) is 0 Å². The molecule has 0 aliphatic carbocycles. The van der Waals surface area contributed by atoms with E-state index in [-0.39, 0.29) is 0 Å². The highest BCUT2D eigenvalue weighted by molar-refractivity contribution is 7.98. The molecule has 0 spiro atoms. The van der Waals surface area contributed by atoms with Crippen LogP contribution in [-0.4, -0.2) is 9.11 Å². The summed E-state index contributed by atoms with van der Waals surface area (Å²) in [7, 11) is 0. The molecule has 0 unspecified atom stereocenters. The van der Waals surface area contributed by atoms with Gasteiger partial charge in [0.05, 0.1) is 24.1 Å². The second kappa shape index (κ2) is 18.6. The van der Waals surface area contributed by atoms with Gasteiger partial charge in [-0.2, -0.15) is 0 Å². The lowest BCUT2D eigenvalue weighted by atomic mass is 10.00. The molecule has 0 fully saturated rings. The first kappa shape index (κ1) is 29.6. The van der Waals surface area contributed by atoms with Crippen LogP contribution in [0, 0.1) is 0 Å². The van der Waals surface area contributed by atoms with Gasteiger partial charge in [-0.05, 0) is 60.8 Å². The Hall–Kier alpha value is -1.66. The topological polar surface area (TPSA) is 49.7 Å².